The van der Waals surface area contributed by atoms with E-state index in [1.807, 2.05) is 30.3 Å². The summed E-state index contributed by atoms with van der Waals surface area (Å²) in [6.45, 7) is 4.97. The molecule has 0 bridgehead atoms. The van der Waals surface area contributed by atoms with Crippen molar-refractivity contribution < 1.29 is 4.79 Å². The highest BCUT2D eigenvalue weighted by molar-refractivity contribution is 5.77. The zero-order valence-corrected chi connectivity index (χ0v) is 10.2. The fraction of sp³-hybridized carbons (Fsp3) is 0.462. The van der Waals surface area contributed by atoms with Crippen LogP contribution in [0.3, 0.4) is 0 Å². The van der Waals surface area contributed by atoms with E-state index in [2.05, 4.69) is 19.2 Å². The summed E-state index contributed by atoms with van der Waals surface area (Å²) in [5, 5.41) is 2.72. The first-order chi connectivity index (χ1) is 7.74. The van der Waals surface area contributed by atoms with Crippen LogP contribution in [0.4, 0.5) is 0 Å². The number of nitrogens with two attached hydrogens (primary N) is 1. The Kier molecular flexibility index (Phi) is 9.32. The standard InChI is InChI=1S/C10H14N2O.C3H8/c11-8-10(13)12-7-6-9-4-2-1-3-5-9;1-3-2/h1-5H,6-8,11H2,(H,12,13);3H2,1-2H3. The molecule has 1 rings (SSSR count). The molecule has 0 saturated heterocycles. The van der Waals surface area contributed by atoms with Crippen LogP contribution in [0, 0.1) is 0 Å². The van der Waals surface area contributed by atoms with Gasteiger partial charge in [0.15, 0.2) is 0 Å². The van der Waals surface area contributed by atoms with Gasteiger partial charge in [0.1, 0.15) is 0 Å². The molecule has 3 nitrogen and oxygen atoms in total. The molecule has 90 valence electrons. The highest BCUT2D eigenvalue weighted by Crippen LogP contribution is 1.97. The lowest BCUT2D eigenvalue weighted by molar-refractivity contribution is -0.119. The molecule has 0 radical (unpaired) electrons. The van der Waals surface area contributed by atoms with Gasteiger partial charge in [-0.2, -0.15) is 0 Å². The number of benzene rings is 1. The number of carbonyl (C=O) groups is 1. The van der Waals surface area contributed by atoms with E-state index in [4.69, 9.17) is 5.73 Å². The van der Waals surface area contributed by atoms with Crippen LogP contribution in [0.1, 0.15) is 25.8 Å². The molecule has 3 heteroatoms. The Morgan fingerprint density at radius 2 is 1.81 bits per heavy atom. The largest absolute Gasteiger partial charge is 0.355 e. The summed E-state index contributed by atoms with van der Waals surface area (Å²) in [7, 11) is 0. The van der Waals surface area contributed by atoms with Gasteiger partial charge in [0.05, 0.1) is 6.54 Å². The van der Waals surface area contributed by atoms with E-state index in [9.17, 15) is 4.79 Å². The maximum absolute atomic E-state index is 10.8. The normalized spacial score (nSPS) is 8.94. The summed E-state index contributed by atoms with van der Waals surface area (Å²) in [5.41, 5.74) is 6.36. The summed E-state index contributed by atoms with van der Waals surface area (Å²) >= 11 is 0. The molecule has 1 aromatic carbocycles. The molecule has 0 aromatic heterocycles. The number of nitrogens with one attached hydrogen (secondary N) is 1. The molecule has 0 fully saturated rings. The maximum Gasteiger partial charge on any atom is 0.233 e. The molecule has 16 heavy (non-hydrogen) atoms. The predicted octanol–water partition coefficient (Wildman–Crippen LogP) is 1.72. The summed E-state index contributed by atoms with van der Waals surface area (Å²) in [6, 6.07) is 10.0. The first-order valence-corrected chi connectivity index (χ1v) is 5.75. The van der Waals surface area contributed by atoms with Gasteiger partial charge in [-0.05, 0) is 12.0 Å². The average molecular weight is 222 g/mol. The van der Waals surface area contributed by atoms with Crippen molar-refractivity contribution in [2.45, 2.75) is 26.7 Å². The van der Waals surface area contributed by atoms with Crippen LogP contribution in [0.25, 0.3) is 0 Å². The Morgan fingerprint density at radius 1 is 1.25 bits per heavy atom. The van der Waals surface area contributed by atoms with E-state index in [1.54, 1.807) is 0 Å². The second-order valence-electron chi connectivity index (χ2n) is 3.50. The quantitative estimate of drug-likeness (QED) is 0.815. The molecular weight excluding hydrogens is 200 g/mol. The fourth-order valence-corrected chi connectivity index (χ4v) is 1.06. The fourth-order valence-electron chi connectivity index (χ4n) is 1.06. The van der Waals surface area contributed by atoms with Gasteiger partial charge in [0, 0.05) is 6.54 Å². The van der Waals surface area contributed by atoms with Gasteiger partial charge in [-0.3, -0.25) is 4.79 Å². The minimum Gasteiger partial charge on any atom is -0.355 e. The lowest BCUT2D eigenvalue weighted by Gasteiger charge is -2.02. The molecule has 0 heterocycles. The summed E-state index contributed by atoms with van der Waals surface area (Å²) in [5.74, 6) is -0.101. The molecule has 0 spiro atoms. The molecule has 3 N–H and O–H groups in total. The maximum atomic E-state index is 10.8. The first kappa shape index (κ1) is 14.6. The van der Waals surface area contributed by atoms with Crippen molar-refractivity contribution in [3.8, 4) is 0 Å². The minimum absolute atomic E-state index is 0.0643. The van der Waals surface area contributed by atoms with Crippen LogP contribution in [0.2, 0.25) is 0 Å². The van der Waals surface area contributed by atoms with Crippen LogP contribution >= 0.6 is 0 Å². The van der Waals surface area contributed by atoms with Gasteiger partial charge >= 0.3 is 0 Å². The van der Waals surface area contributed by atoms with E-state index >= 15 is 0 Å². The van der Waals surface area contributed by atoms with Crippen molar-refractivity contribution in [3.63, 3.8) is 0 Å². The van der Waals surface area contributed by atoms with Crippen molar-refractivity contribution in [3.05, 3.63) is 35.9 Å². The Morgan fingerprint density at radius 3 is 2.31 bits per heavy atom. The van der Waals surface area contributed by atoms with Crippen molar-refractivity contribution in [1.29, 1.82) is 0 Å². The van der Waals surface area contributed by atoms with Crippen LogP contribution < -0.4 is 11.1 Å². The number of hydrogen-bond donors (Lipinski definition) is 2. The van der Waals surface area contributed by atoms with Gasteiger partial charge in [-0.25, -0.2) is 0 Å². The van der Waals surface area contributed by atoms with E-state index in [-0.39, 0.29) is 12.5 Å². The molecule has 0 unspecified atom stereocenters. The SMILES string of the molecule is CCC.NCC(=O)NCCc1ccccc1. The zero-order chi connectivity index (χ0) is 12.2. The smallest absolute Gasteiger partial charge is 0.233 e. The lowest BCUT2D eigenvalue weighted by Crippen LogP contribution is -2.31. The van der Waals surface area contributed by atoms with E-state index in [0.717, 1.165) is 6.42 Å². The van der Waals surface area contributed by atoms with Crippen molar-refractivity contribution in [2.75, 3.05) is 13.1 Å². The second kappa shape index (κ2) is 10.2. The van der Waals surface area contributed by atoms with Crippen molar-refractivity contribution in [2.24, 2.45) is 5.73 Å². The van der Waals surface area contributed by atoms with Crippen LogP contribution in [-0.4, -0.2) is 19.0 Å². The topological polar surface area (TPSA) is 55.1 Å². The van der Waals surface area contributed by atoms with Crippen molar-refractivity contribution >= 4 is 5.91 Å². The van der Waals surface area contributed by atoms with Gasteiger partial charge in [0.2, 0.25) is 5.91 Å². The van der Waals surface area contributed by atoms with Gasteiger partial charge in [-0.1, -0.05) is 50.6 Å². The molecule has 1 amide bonds. The molecule has 0 aliphatic rings. The number of carbonyl (C=O) groups excluding carboxylic acids is 1. The summed E-state index contributed by atoms with van der Waals surface area (Å²) < 4.78 is 0. The number of amides is 1. The molecule has 0 aliphatic carbocycles. The highest BCUT2D eigenvalue weighted by Gasteiger charge is 1.95. The van der Waals surface area contributed by atoms with Gasteiger partial charge in [0.25, 0.3) is 0 Å². The van der Waals surface area contributed by atoms with Gasteiger partial charge in [-0.15, -0.1) is 0 Å². The van der Waals surface area contributed by atoms with E-state index in [0.29, 0.717) is 6.54 Å². The monoisotopic (exact) mass is 222 g/mol. The Balaban J connectivity index is 0.000000673. The predicted molar refractivity (Wildman–Crippen MR) is 68.2 cm³/mol. The molecule has 0 saturated carbocycles. The summed E-state index contributed by atoms with van der Waals surface area (Å²) in [4.78, 5) is 10.8. The van der Waals surface area contributed by atoms with E-state index in [1.165, 1.54) is 12.0 Å². The average Bonchev–Trinajstić information content (AvgIpc) is 2.31. The Labute approximate surface area is 98.0 Å². The third-order valence-corrected chi connectivity index (χ3v) is 1.76. The van der Waals surface area contributed by atoms with Crippen molar-refractivity contribution in [1.82, 2.24) is 5.32 Å². The first-order valence-electron chi connectivity index (χ1n) is 5.75. The lowest BCUT2D eigenvalue weighted by atomic mass is 10.1. The zero-order valence-electron chi connectivity index (χ0n) is 10.2. The molecule has 1 aromatic rings. The van der Waals surface area contributed by atoms with Crippen LogP contribution in [0.15, 0.2) is 30.3 Å². The van der Waals surface area contributed by atoms with Gasteiger partial charge < -0.3 is 11.1 Å². The minimum atomic E-state index is -0.101. The third-order valence-electron chi connectivity index (χ3n) is 1.76. The van der Waals surface area contributed by atoms with E-state index < -0.39 is 0 Å². The van der Waals surface area contributed by atoms with Crippen LogP contribution in [0.5, 0.6) is 0 Å². The number of hydrogen-bond acceptors (Lipinski definition) is 2. The summed E-state index contributed by atoms with van der Waals surface area (Å²) in [6.07, 6.45) is 2.10. The molecule has 0 aliphatic heterocycles. The Bertz CT molecular complexity index is 273. The number of rotatable bonds is 4. The Hall–Kier alpha value is -1.35. The molecule has 0 atom stereocenters. The highest BCUT2D eigenvalue weighted by atomic mass is 16.1. The molecular formula is C13H22N2O. The third kappa shape index (κ3) is 8.00. The van der Waals surface area contributed by atoms with Crippen LogP contribution in [-0.2, 0) is 11.2 Å². The second-order valence-corrected chi connectivity index (χ2v) is 3.50.